The van der Waals surface area contributed by atoms with Gasteiger partial charge in [0.2, 0.25) is 11.4 Å². The van der Waals surface area contributed by atoms with Gasteiger partial charge in [0.15, 0.2) is 0 Å². The van der Waals surface area contributed by atoms with Crippen molar-refractivity contribution >= 4 is 11.4 Å². The van der Waals surface area contributed by atoms with E-state index in [4.69, 9.17) is 0 Å². The van der Waals surface area contributed by atoms with E-state index < -0.39 is 0 Å². The van der Waals surface area contributed by atoms with E-state index >= 15 is 0 Å². The Morgan fingerprint density at radius 1 is 0.513 bits per heavy atom. The summed E-state index contributed by atoms with van der Waals surface area (Å²) in [5.74, 6) is 0. The molecule has 216 valence electrons. The van der Waals surface area contributed by atoms with Gasteiger partial charge in [-0.1, -0.05) is 68.2 Å². The molecule has 0 spiro atoms. The minimum Gasteiger partial charge on any atom is -0.493 e. The molecule has 0 unspecified atom stereocenters. The molecule has 0 aliphatic carbocycles. The number of hydrogen-bond acceptors (Lipinski definition) is 0. The first kappa shape index (κ1) is 33.2. The molecule has 0 bridgehead atoms. The Balaban J connectivity index is 0.00000533. The van der Waals surface area contributed by atoms with Crippen LogP contribution in [0.1, 0.15) is 138 Å². The van der Waals surface area contributed by atoms with Crippen LogP contribution in [0.4, 0.5) is 0 Å². The summed E-state index contributed by atoms with van der Waals surface area (Å²) in [6.45, 7) is 18.1. The Morgan fingerprint density at radius 3 is 1.05 bits per heavy atom. The largest absolute Gasteiger partial charge is 0.493 e. The normalized spacial score (nSPS) is 13.5. The second kappa shape index (κ2) is 15.7. The van der Waals surface area contributed by atoms with Crippen LogP contribution in [-0.2, 0) is 55.0 Å². The first-order chi connectivity index (χ1) is 18.4. The van der Waals surface area contributed by atoms with E-state index in [0.29, 0.717) is 0 Å². The summed E-state index contributed by atoms with van der Waals surface area (Å²) >= 11 is 0. The predicted molar refractivity (Wildman–Crippen MR) is 166 cm³/mol. The fraction of sp³-hybridized carbons (Fsp3) is 0.556. The molecule has 2 nitrogen and oxygen atoms in total. The van der Waals surface area contributed by atoms with Crippen LogP contribution in [0.3, 0.4) is 0 Å². The molecule has 0 aromatic heterocycles. The van der Waals surface area contributed by atoms with Gasteiger partial charge in [0, 0.05) is 38.8 Å². The molecule has 3 heteroatoms. The quantitative estimate of drug-likeness (QED) is 0.159. The smallest absolute Gasteiger partial charge is 0.211 e. The van der Waals surface area contributed by atoms with Crippen LogP contribution in [0, 0.1) is 0 Å². The third-order valence-electron chi connectivity index (χ3n) is 8.57. The molecule has 0 N–H and O–H groups in total. The van der Waals surface area contributed by atoms with Gasteiger partial charge in [-0.2, -0.15) is 0 Å². The first-order valence-corrected chi connectivity index (χ1v) is 15.7. The number of unbranched alkanes of at least 4 members (excludes halogenated alkanes) is 2. The summed E-state index contributed by atoms with van der Waals surface area (Å²) in [7, 11) is 0. The van der Waals surface area contributed by atoms with Crippen LogP contribution >= 0.6 is 0 Å². The van der Waals surface area contributed by atoms with Gasteiger partial charge >= 0.3 is 0 Å². The van der Waals surface area contributed by atoms with Crippen LogP contribution in [0.2, 0.25) is 0 Å². The van der Waals surface area contributed by atoms with E-state index in [1.165, 1.54) is 55.7 Å². The van der Waals surface area contributed by atoms with Gasteiger partial charge in [-0.05, 0) is 122 Å². The number of rotatable bonds is 14. The number of nitrogens with zero attached hydrogens (tertiary/aromatic N) is 2. The van der Waals surface area contributed by atoms with Crippen molar-refractivity contribution in [3.05, 3.63) is 85.5 Å². The minimum atomic E-state index is 0. The molecule has 0 saturated carbocycles. The van der Waals surface area contributed by atoms with E-state index in [2.05, 4.69) is 79.7 Å². The third kappa shape index (κ3) is 6.85. The summed E-state index contributed by atoms with van der Waals surface area (Å²) in [4.78, 5) is 0. The number of allylic oxidation sites excluding steroid dienone is 2. The molecule has 0 atom stereocenters. The number of aryl methyl sites for hydroxylation is 4. The molecule has 0 saturated heterocycles. The molecule has 1 aliphatic rings. The maximum atomic E-state index is 12.1. The molecule has 1 heterocycles. The maximum absolute atomic E-state index is 12.1. The van der Waals surface area contributed by atoms with E-state index in [1.54, 1.807) is 4.70 Å². The van der Waals surface area contributed by atoms with Gasteiger partial charge in [0.05, 0.1) is 0 Å². The van der Waals surface area contributed by atoms with Gasteiger partial charge in [0.1, 0.15) is 0 Å². The summed E-state index contributed by atoms with van der Waals surface area (Å²) in [6, 6.07) is 9.49. The van der Waals surface area contributed by atoms with Gasteiger partial charge in [-0.3, -0.25) is 0 Å². The Bertz CT molecular complexity index is 1070. The Kier molecular flexibility index (Phi) is 13.4. The summed E-state index contributed by atoms with van der Waals surface area (Å²) in [5, 5.41) is 0. The molecular formula is C36H52N2Ni. The molecule has 2 aromatic carbocycles. The van der Waals surface area contributed by atoms with Gasteiger partial charge in [0.25, 0.3) is 0 Å². The van der Waals surface area contributed by atoms with Gasteiger partial charge in [-0.25, -0.2) is 4.70 Å². The molecule has 0 radical (unpaired) electrons. The molecule has 2 aromatic rings. The van der Waals surface area contributed by atoms with Crippen molar-refractivity contribution in [3.63, 3.8) is 0 Å². The zero-order valence-corrected chi connectivity index (χ0v) is 27.0. The van der Waals surface area contributed by atoms with Crippen LogP contribution in [0.25, 0.3) is 16.9 Å². The average Bonchev–Trinajstić information content (AvgIpc) is 3.23. The molecule has 3 rings (SSSR count). The fourth-order valence-corrected chi connectivity index (χ4v) is 6.53. The molecular weight excluding hydrogens is 519 g/mol. The second-order valence-electron chi connectivity index (χ2n) is 10.8. The van der Waals surface area contributed by atoms with E-state index in [1.807, 2.05) is 0 Å². The van der Waals surface area contributed by atoms with Crippen molar-refractivity contribution in [2.24, 2.45) is 0 Å². The average molecular weight is 572 g/mol. The van der Waals surface area contributed by atoms with E-state index in [0.717, 1.165) is 88.4 Å². The van der Waals surface area contributed by atoms with Crippen molar-refractivity contribution < 1.29 is 21.2 Å². The van der Waals surface area contributed by atoms with Crippen molar-refractivity contribution in [2.75, 3.05) is 0 Å². The van der Waals surface area contributed by atoms with Crippen molar-refractivity contribution in [1.29, 1.82) is 0 Å². The SMILES string of the molecule is CCCCC1=C(c2cc(CC)c(CC)c(CC)c2)[N+](=[N-])C(c2cc(CC)c(CC)c(CC)c2)=C1CCCC.[Ni]. The molecule has 0 fully saturated rings. The summed E-state index contributed by atoms with van der Waals surface area (Å²) in [5.41, 5.74) is 28.0. The topological polar surface area (TPSA) is 25.3 Å². The third-order valence-corrected chi connectivity index (χ3v) is 8.57. The minimum absolute atomic E-state index is 0. The second-order valence-corrected chi connectivity index (χ2v) is 10.8. The zero-order chi connectivity index (χ0) is 27.8. The summed E-state index contributed by atoms with van der Waals surface area (Å²) < 4.78 is 1.59. The van der Waals surface area contributed by atoms with Crippen LogP contribution < -0.4 is 0 Å². The van der Waals surface area contributed by atoms with Gasteiger partial charge in [-0.15, -0.1) is 0 Å². The molecule has 0 amide bonds. The maximum Gasteiger partial charge on any atom is 0.211 e. The Morgan fingerprint density at radius 2 is 0.821 bits per heavy atom. The van der Waals surface area contributed by atoms with Crippen molar-refractivity contribution in [3.8, 4) is 0 Å². The first-order valence-electron chi connectivity index (χ1n) is 15.7. The number of benzene rings is 2. The fourth-order valence-electron chi connectivity index (χ4n) is 6.53. The van der Waals surface area contributed by atoms with Gasteiger partial charge < -0.3 is 5.53 Å². The Labute approximate surface area is 249 Å². The standard InChI is InChI=1S/C36H52N2.Ni/c1-9-17-19-33-34(20-18-10-2)36(30-23-27(13-5)32(16-8)28(14-6)24-30)38(37)35(33)29-21-25(11-3)31(15-7)26(12-4)22-29;/h21-24H,9-20H2,1-8H3;. The van der Waals surface area contributed by atoms with Crippen LogP contribution in [0.5, 0.6) is 0 Å². The van der Waals surface area contributed by atoms with Crippen molar-refractivity contribution in [2.45, 2.75) is 132 Å². The summed E-state index contributed by atoms with van der Waals surface area (Å²) in [6.07, 6.45) is 12.8. The van der Waals surface area contributed by atoms with E-state index in [-0.39, 0.29) is 16.5 Å². The Hall–Kier alpha value is -1.99. The zero-order valence-electron chi connectivity index (χ0n) is 26.0. The van der Waals surface area contributed by atoms with Crippen LogP contribution in [0.15, 0.2) is 35.4 Å². The monoisotopic (exact) mass is 570 g/mol. The molecule has 1 aliphatic heterocycles. The van der Waals surface area contributed by atoms with E-state index in [9.17, 15) is 5.53 Å². The van der Waals surface area contributed by atoms with Crippen LogP contribution in [-0.4, -0.2) is 4.70 Å². The van der Waals surface area contributed by atoms with Crippen molar-refractivity contribution in [1.82, 2.24) is 0 Å². The predicted octanol–water partition coefficient (Wildman–Crippen LogP) is 10.6. The number of hydrogen-bond donors (Lipinski definition) is 0. The molecule has 39 heavy (non-hydrogen) atoms.